The normalized spacial score (nSPS) is 11.4. The highest BCUT2D eigenvalue weighted by Gasteiger charge is 2.19. The minimum Gasteiger partial charge on any atom is -0.354 e. The van der Waals surface area contributed by atoms with E-state index in [2.05, 4.69) is 15.6 Å². The lowest BCUT2D eigenvalue weighted by atomic mass is 10.1. The van der Waals surface area contributed by atoms with Crippen LogP contribution in [0.15, 0.2) is 0 Å². The molecule has 0 aliphatic rings. The van der Waals surface area contributed by atoms with Crippen LogP contribution in [0.5, 0.6) is 0 Å². The third kappa shape index (κ3) is 1.84. The molecule has 1 heterocycles. The third-order valence-electron chi connectivity index (χ3n) is 1.78. The highest BCUT2D eigenvalue weighted by molar-refractivity contribution is 7.71. The Kier molecular flexibility index (Phi) is 2.75. The van der Waals surface area contributed by atoms with Crippen molar-refractivity contribution in [3.63, 3.8) is 0 Å². The summed E-state index contributed by atoms with van der Waals surface area (Å²) in [6.07, 6.45) is 0. The van der Waals surface area contributed by atoms with Crippen molar-refractivity contribution in [1.82, 2.24) is 20.3 Å². The molecule has 2 N–H and O–H groups in total. The Labute approximate surface area is 87.5 Å². The van der Waals surface area contributed by atoms with Crippen LogP contribution >= 0.6 is 12.2 Å². The zero-order valence-electron chi connectivity index (χ0n) is 8.71. The van der Waals surface area contributed by atoms with Crippen LogP contribution in [-0.4, -0.2) is 27.9 Å². The van der Waals surface area contributed by atoms with Crippen molar-refractivity contribution in [2.24, 2.45) is 0 Å². The molecule has 0 unspecified atom stereocenters. The Morgan fingerprint density at radius 1 is 1.57 bits per heavy atom. The first kappa shape index (κ1) is 10.9. The van der Waals surface area contributed by atoms with Gasteiger partial charge in [0.05, 0.1) is 5.54 Å². The third-order valence-corrected chi connectivity index (χ3v) is 2.16. The number of H-pyrrole nitrogens is 1. The summed E-state index contributed by atoms with van der Waals surface area (Å²) in [6.45, 7) is 5.94. The first-order chi connectivity index (χ1) is 6.38. The molecule has 1 aromatic rings. The molecule has 1 amide bonds. The van der Waals surface area contributed by atoms with Crippen LogP contribution in [0.3, 0.4) is 0 Å². The molecule has 1 aromatic heterocycles. The minimum atomic E-state index is -0.269. The topological polar surface area (TPSA) is 62.7 Å². The van der Waals surface area contributed by atoms with Gasteiger partial charge in [-0.1, -0.05) is 12.2 Å². The summed E-state index contributed by atoms with van der Waals surface area (Å²) in [6, 6.07) is 0. The number of amides is 1. The summed E-state index contributed by atoms with van der Waals surface area (Å²) in [5, 5.41) is 9.09. The first-order valence-electron chi connectivity index (χ1n) is 4.28. The highest BCUT2D eigenvalue weighted by atomic mass is 32.1. The van der Waals surface area contributed by atoms with E-state index in [9.17, 15) is 4.79 Å². The van der Waals surface area contributed by atoms with Gasteiger partial charge in [0.1, 0.15) is 0 Å². The Balaban J connectivity index is 3.23. The number of nitrogens with zero attached hydrogens (tertiary/aromatic N) is 2. The van der Waals surface area contributed by atoms with Crippen molar-refractivity contribution in [2.75, 3.05) is 7.05 Å². The molecule has 5 nitrogen and oxygen atoms in total. The number of aromatic nitrogens is 3. The second-order valence-corrected chi connectivity index (χ2v) is 4.34. The van der Waals surface area contributed by atoms with Crippen LogP contribution in [0.1, 0.15) is 31.3 Å². The van der Waals surface area contributed by atoms with Crippen LogP contribution in [0.4, 0.5) is 0 Å². The van der Waals surface area contributed by atoms with Crippen molar-refractivity contribution in [3.05, 3.63) is 10.3 Å². The van der Waals surface area contributed by atoms with Crippen molar-refractivity contribution < 1.29 is 4.79 Å². The molecule has 0 saturated heterocycles. The monoisotopic (exact) mass is 214 g/mol. The summed E-state index contributed by atoms with van der Waals surface area (Å²) in [7, 11) is 1.55. The van der Waals surface area contributed by atoms with Gasteiger partial charge in [-0.3, -0.25) is 9.48 Å². The number of nitrogens with one attached hydrogen (secondary N) is 2. The number of rotatable bonds is 1. The van der Waals surface area contributed by atoms with Crippen molar-refractivity contribution in [1.29, 1.82) is 0 Å². The lowest BCUT2D eigenvalue weighted by Gasteiger charge is -2.18. The van der Waals surface area contributed by atoms with Crippen molar-refractivity contribution in [3.8, 4) is 0 Å². The van der Waals surface area contributed by atoms with Gasteiger partial charge < -0.3 is 5.32 Å². The Bertz CT molecular complexity index is 398. The summed E-state index contributed by atoms with van der Waals surface area (Å²) >= 11 is 5.12. The molecule has 0 aliphatic heterocycles. The molecule has 0 saturated carbocycles. The second-order valence-electron chi connectivity index (χ2n) is 3.95. The van der Waals surface area contributed by atoms with Gasteiger partial charge in [-0.2, -0.15) is 5.10 Å². The fraction of sp³-hybridized carbons (Fsp3) is 0.625. The summed E-state index contributed by atoms with van der Waals surface area (Å²) < 4.78 is 2.12. The van der Waals surface area contributed by atoms with Gasteiger partial charge in [0.25, 0.3) is 5.91 Å². The van der Waals surface area contributed by atoms with E-state index in [0.717, 1.165) is 0 Å². The molecule has 6 heteroatoms. The van der Waals surface area contributed by atoms with E-state index in [-0.39, 0.29) is 17.1 Å². The van der Waals surface area contributed by atoms with Crippen LogP contribution in [0, 0.1) is 4.64 Å². The average Bonchev–Trinajstić information content (AvgIpc) is 2.45. The maximum absolute atomic E-state index is 11.3. The van der Waals surface area contributed by atoms with Crippen LogP contribution in [0.2, 0.25) is 0 Å². The molecule has 1 rings (SSSR count). The van der Waals surface area contributed by atoms with Crippen LogP contribution < -0.4 is 5.32 Å². The average molecular weight is 214 g/mol. The van der Waals surface area contributed by atoms with Gasteiger partial charge in [-0.25, -0.2) is 5.21 Å². The predicted molar refractivity (Wildman–Crippen MR) is 55.8 cm³/mol. The Hall–Kier alpha value is -1.17. The van der Waals surface area contributed by atoms with Crippen LogP contribution in [-0.2, 0) is 5.54 Å². The first-order valence-corrected chi connectivity index (χ1v) is 4.68. The molecule has 0 atom stereocenters. The van der Waals surface area contributed by atoms with E-state index >= 15 is 0 Å². The quantitative estimate of drug-likeness (QED) is 0.687. The summed E-state index contributed by atoms with van der Waals surface area (Å²) in [5.74, 6) is -0.269. The summed E-state index contributed by atoms with van der Waals surface area (Å²) in [5.41, 5.74) is 0.0634. The van der Waals surface area contributed by atoms with E-state index in [1.54, 1.807) is 11.7 Å². The van der Waals surface area contributed by atoms with Gasteiger partial charge in [-0.05, 0) is 20.8 Å². The molecule has 0 bridgehead atoms. The van der Waals surface area contributed by atoms with E-state index in [1.165, 1.54) is 0 Å². The smallest absolute Gasteiger partial charge is 0.274 e. The van der Waals surface area contributed by atoms with Gasteiger partial charge >= 0.3 is 0 Å². The van der Waals surface area contributed by atoms with E-state index in [1.807, 2.05) is 20.8 Å². The number of carbonyl (C=O) groups is 1. The van der Waals surface area contributed by atoms with Crippen molar-refractivity contribution in [2.45, 2.75) is 26.3 Å². The lowest BCUT2D eigenvalue weighted by molar-refractivity contribution is 0.0957. The van der Waals surface area contributed by atoms with Gasteiger partial charge in [0.15, 0.2) is 10.3 Å². The van der Waals surface area contributed by atoms with Crippen molar-refractivity contribution >= 4 is 18.1 Å². The fourth-order valence-electron chi connectivity index (χ4n) is 1.02. The highest BCUT2D eigenvalue weighted by Crippen LogP contribution is 2.13. The molecule has 14 heavy (non-hydrogen) atoms. The zero-order valence-corrected chi connectivity index (χ0v) is 9.53. The number of hydrogen-bond donors (Lipinski definition) is 2. The largest absolute Gasteiger partial charge is 0.354 e. The molecule has 0 aromatic carbocycles. The lowest BCUT2D eigenvalue weighted by Crippen LogP contribution is -2.24. The molecule has 0 radical (unpaired) electrons. The maximum Gasteiger partial charge on any atom is 0.274 e. The summed E-state index contributed by atoms with van der Waals surface area (Å²) in [4.78, 5) is 11.3. The van der Waals surface area contributed by atoms with Gasteiger partial charge in [0, 0.05) is 7.05 Å². The van der Waals surface area contributed by atoms with Gasteiger partial charge in [0.2, 0.25) is 0 Å². The van der Waals surface area contributed by atoms with E-state index in [4.69, 9.17) is 12.2 Å². The fourth-order valence-corrected chi connectivity index (χ4v) is 1.47. The number of hydrogen-bond acceptors (Lipinski definition) is 3. The maximum atomic E-state index is 11.3. The second kappa shape index (κ2) is 3.53. The van der Waals surface area contributed by atoms with E-state index < -0.39 is 0 Å². The van der Waals surface area contributed by atoms with Gasteiger partial charge in [-0.15, -0.1) is 0 Å². The predicted octanol–water partition coefficient (Wildman–Crippen LogP) is 1.06. The molecule has 78 valence electrons. The molecule has 0 aliphatic carbocycles. The number of carbonyl (C=O) groups excluding carboxylic acids is 1. The SMILES string of the molecule is CNC(=O)c1n[nH]n(C(C)(C)C)c1=S. The zero-order chi connectivity index (χ0) is 10.9. The van der Waals surface area contributed by atoms with Crippen LogP contribution in [0.25, 0.3) is 0 Å². The molecular formula is C8H14N4OS. The molecular weight excluding hydrogens is 200 g/mol. The minimum absolute atomic E-state index is 0.198. The molecule has 0 fully saturated rings. The van der Waals surface area contributed by atoms with E-state index in [0.29, 0.717) is 4.64 Å². The Morgan fingerprint density at radius 3 is 2.50 bits per heavy atom. The molecule has 0 spiro atoms. The standard InChI is InChI=1S/C8H14N4OS/c1-8(2,3)12-7(14)5(10-11-12)6(13)9-4/h11H,1-4H3,(H,9,13). The Morgan fingerprint density at radius 2 is 2.14 bits per heavy atom. The number of aromatic amines is 1.